The molecule has 3 aromatic rings. The number of rotatable bonds is 4. The van der Waals surface area contributed by atoms with Crippen molar-refractivity contribution >= 4 is 27.9 Å². The Balaban J connectivity index is 1.85. The van der Waals surface area contributed by atoms with Gasteiger partial charge in [0, 0.05) is 23.1 Å². The summed E-state index contributed by atoms with van der Waals surface area (Å²) in [6.45, 7) is 1.78. The van der Waals surface area contributed by atoms with Crippen LogP contribution in [0.15, 0.2) is 65.8 Å². The highest BCUT2D eigenvalue weighted by Gasteiger charge is 2.09. The molecule has 0 fully saturated rings. The first-order valence-electron chi connectivity index (χ1n) is 7.32. The van der Waals surface area contributed by atoms with Crippen LogP contribution in [-0.4, -0.2) is 15.7 Å². The van der Waals surface area contributed by atoms with Gasteiger partial charge in [0.25, 0.3) is 5.69 Å². The van der Waals surface area contributed by atoms with Crippen LogP contribution in [-0.2, 0) is 0 Å². The molecule has 3 rings (SSSR count). The van der Waals surface area contributed by atoms with Gasteiger partial charge in [-0.05, 0) is 30.5 Å². The Morgan fingerprint density at radius 2 is 1.79 bits per heavy atom. The zero-order chi connectivity index (χ0) is 17.1. The Morgan fingerprint density at radius 3 is 2.50 bits per heavy atom. The van der Waals surface area contributed by atoms with E-state index in [1.165, 1.54) is 12.1 Å². The molecule has 24 heavy (non-hydrogen) atoms. The number of hydrazone groups is 1. The monoisotopic (exact) mass is 321 g/mol. The number of hydrogen-bond acceptors (Lipinski definition) is 5. The topological polar surface area (TPSA) is 87.8 Å². The molecule has 0 unspecified atom stereocenters. The highest BCUT2D eigenvalue weighted by atomic mass is 16.6. The van der Waals surface area contributed by atoms with E-state index in [-0.39, 0.29) is 11.4 Å². The molecule has 0 bridgehead atoms. The molecule has 3 aromatic carbocycles. The SMILES string of the molecule is CC(=NNc1ccc([N+](=O)[O-])cc1)c1ccc2ccccc2c1O. The normalized spacial score (nSPS) is 11.5. The first-order valence-corrected chi connectivity index (χ1v) is 7.32. The maximum Gasteiger partial charge on any atom is 0.269 e. The molecule has 0 aliphatic heterocycles. The van der Waals surface area contributed by atoms with Crippen molar-refractivity contribution < 1.29 is 10.0 Å². The summed E-state index contributed by atoms with van der Waals surface area (Å²) in [6.07, 6.45) is 0. The third-order valence-electron chi connectivity index (χ3n) is 3.72. The Morgan fingerprint density at radius 1 is 1.08 bits per heavy atom. The highest BCUT2D eigenvalue weighted by molar-refractivity contribution is 6.06. The zero-order valence-corrected chi connectivity index (χ0v) is 12.9. The summed E-state index contributed by atoms with van der Waals surface area (Å²) in [5, 5.41) is 27.0. The van der Waals surface area contributed by atoms with E-state index in [0.29, 0.717) is 17.0 Å². The summed E-state index contributed by atoms with van der Waals surface area (Å²) >= 11 is 0. The van der Waals surface area contributed by atoms with Crippen LogP contribution in [0.4, 0.5) is 11.4 Å². The third kappa shape index (κ3) is 3.03. The van der Waals surface area contributed by atoms with E-state index in [1.807, 2.05) is 36.4 Å². The van der Waals surface area contributed by atoms with Crippen molar-refractivity contribution in [1.29, 1.82) is 0 Å². The summed E-state index contributed by atoms with van der Waals surface area (Å²) in [4.78, 5) is 10.2. The number of non-ortho nitro benzene ring substituents is 1. The van der Waals surface area contributed by atoms with Gasteiger partial charge in [-0.1, -0.05) is 30.3 Å². The maximum absolute atomic E-state index is 10.6. The van der Waals surface area contributed by atoms with E-state index in [2.05, 4.69) is 10.5 Å². The fourth-order valence-electron chi connectivity index (χ4n) is 2.41. The molecule has 0 saturated carbocycles. The molecule has 0 aliphatic rings. The van der Waals surface area contributed by atoms with Gasteiger partial charge in [0.05, 0.1) is 16.3 Å². The van der Waals surface area contributed by atoms with Crippen molar-refractivity contribution in [1.82, 2.24) is 0 Å². The molecule has 0 heterocycles. The Bertz CT molecular complexity index is 934. The molecule has 6 nitrogen and oxygen atoms in total. The van der Waals surface area contributed by atoms with E-state index in [0.717, 1.165) is 10.8 Å². The van der Waals surface area contributed by atoms with Crippen LogP contribution in [0, 0.1) is 10.1 Å². The Labute approximate surface area is 138 Å². The lowest BCUT2D eigenvalue weighted by Gasteiger charge is -2.08. The molecule has 120 valence electrons. The lowest BCUT2D eigenvalue weighted by molar-refractivity contribution is -0.384. The van der Waals surface area contributed by atoms with E-state index in [9.17, 15) is 15.2 Å². The molecular weight excluding hydrogens is 306 g/mol. The minimum atomic E-state index is -0.453. The number of fused-ring (bicyclic) bond motifs is 1. The zero-order valence-electron chi connectivity index (χ0n) is 12.9. The fourth-order valence-corrected chi connectivity index (χ4v) is 2.41. The number of nitrogens with zero attached hydrogens (tertiary/aromatic N) is 2. The van der Waals surface area contributed by atoms with Gasteiger partial charge >= 0.3 is 0 Å². The van der Waals surface area contributed by atoms with Gasteiger partial charge in [-0.2, -0.15) is 5.10 Å². The molecule has 0 amide bonds. The van der Waals surface area contributed by atoms with Crippen molar-refractivity contribution in [2.24, 2.45) is 5.10 Å². The van der Waals surface area contributed by atoms with Gasteiger partial charge in [0.15, 0.2) is 0 Å². The number of nitro groups is 1. The highest BCUT2D eigenvalue weighted by Crippen LogP contribution is 2.29. The van der Waals surface area contributed by atoms with Crippen LogP contribution >= 0.6 is 0 Å². The first kappa shape index (κ1) is 15.5. The standard InChI is InChI=1S/C18H15N3O3/c1-12(19-20-14-7-9-15(10-8-14)21(23)24)16-11-6-13-4-2-3-5-17(13)18(16)22/h2-11,20,22H,1H3. The molecule has 0 saturated heterocycles. The third-order valence-corrected chi connectivity index (χ3v) is 3.72. The second kappa shape index (κ2) is 6.37. The van der Waals surface area contributed by atoms with Crippen LogP contribution in [0.2, 0.25) is 0 Å². The smallest absolute Gasteiger partial charge is 0.269 e. The summed E-state index contributed by atoms with van der Waals surface area (Å²) in [5.41, 5.74) is 4.72. The quantitative estimate of drug-likeness (QED) is 0.426. The predicted molar refractivity (Wildman–Crippen MR) is 94.5 cm³/mol. The molecule has 0 radical (unpaired) electrons. The van der Waals surface area contributed by atoms with E-state index in [1.54, 1.807) is 19.1 Å². The average Bonchev–Trinajstić information content (AvgIpc) is 2.60. The number of nitrogens with one attached hydrogen (secondary N) is 1. The molecule has 0 aliphatic carbocycles. The van der Waals surface area contributed by atoms with Crippen molar-refractivity contribution in [2.45, 2.75) is 6.92 Å². The molecule has 2 N–H and O–H groups in total. The molecular formula is C18H15N3O3. The second-order valence-corrected chi connectivity index (χ2v) is 5.30. The molecule has 6 heteroatoms. The lowest BCUT2D eigenvalue weighted by atomic mass is 10.0. The van der Waals surface area contributed by atoms with Crippen LogP contribution in [0.3, 0.4) is 0 Å². The van der Waals surface area contributed by atoms with E-state index < -0.39 is 4.92 Å². The summed E-state index contributed by atoms with van der Waals surface area (Å²) < 4.78 is 0. The number of phenolic OH excluding ortho intramolecular Hbond substituents is 1. The number of hydrogen-bond donors (Lipinski definition) is 2. The summed E-state index contributed by atoms with van der Waals surface area (Å²) in [7, 11) is 0. The Hall–Kier alpha value is -3.41. The summed E-state index contributed by atoms with van der Waals surface area (Å²) in [5.74, 6) is 0.180. The first-order chi connectivity index (χ1) is 11.6. The minimum absolute atomic E-state index is 0.0217. The van der Waals surface area contributed by atoms with Gasteiger partial charge in [0.1, 0.15) is 5.75 Å². The van der Waals surface area contributed by atoms with E-state index >= 15 is 0 Å². The largest absolute Gasteiger partial charge is 0.507 e. The number of aromatic hydroxyl groups is 1. The average molecular weight is 321 g/mol. The molecule has 0 aromatic heterocycles. The van der Waals surface area contributed by atoms with Crippen LogP contribution in [0.25, 0.3) is 10.8 Å². The second-order valence-electron chi connectivity index (χ2n) is 5.30. The van der Waals surface area contributed by atoms with Crippen LogP contribution in [0.5, 0.6) is 5.75 Å². The number of phenols is 1. The summed E-state index contributed by atoms with van der Waals surface area (Å²) in [6, 6.07) is 17.3. The van der Waals surface area contributed by atoms with Crippen molar-refractivity contribution in [3.05, 3.63) is 76.3 Å². The minimum Gasteiger partial charge on any atom is -0.507 e. The van der Waals surface area contributed by atoms with Crippen molar-refractivity contribution in [3.8, 4) is 5.75 Å². The van der Waals surface area contributed by atoms with Gasteiger partial charge in [-0.3, -0.25) is 15.5 Å². The van der Waals surface area contributed by atoms with Gasteiger partial charge in [-0.25, -0.2) is 0 Å². The maximum atomic E-state index is 10.6. The van der Waals surface area contributed by atoms with Crippen LogP contribution < -0.4 is 5.43 Å². The van der Waals surface area contributed by atoms with Gasteiger partial charge in [0.2, 0.25) is 0 Å². The van der Waals surface area contributed by atoms with Gasteiger partial charge < -0.3 is 5.11 Å². The Kier molecular flexibility index (Phi) is 4.11. The molecule has 0 atom stereocenters. The lowest BCUT2D eigenvalue weighted by Crippen LogP contribution is -2.00. The molecule has 0 spiro atoms. The fraction of sp³-hybridized carbons (Fsp3) is 0.0556. The number of benzene rings is 3. The van der Waals surface area contributed by atoms with Crippen LogP contribution in [0.1, 0.15) is 12.5 Å². The van der Waals surface area contributed by atoms with Gasteiger partial charge in [-0.15, -0.1) is 0 Å². The van der Waals surface area contributed by atoms with Crippen molar-refractivity contribution in [3.63, 3.8) is 0 Å². The number of nitro benzene ring substituents is 1. The predicted octanol–water partition coefficient (Wildman–Crippen LogP) is 4.29. The van der Waals surface area contributed by atoms with Crippen molar-refractivity contribution in [2.75, 3.05) is 5.43 Å². The number of anilines is 1. The van der Waals surface area contributed by atoms with E-state index in [4.69, 9.17) is 0 Å².